The molecule has 174 valence electrons. The van der Waals surface area contributed by atoms with Crippen molar-refractivity contribution >= 4 is 16.0 Å². The van der Waals surface area contributed by atoms with Crippen molar-refractivity contribution in [2.75, 3.05) is 20.2 Å². The first kappa shape index (κ1) is 23.6. The van der Waals surface area contributed by atoms with E-state index in [9.17, 15) is 18.5 Å². The molecule has 0 spiro atoms. The van der Waals surface area contributed by atoms with Crippen LogP contribution in [0.15, 0.2) is 77.7 Å². The lowest BCUT2D eigenvalue weighted by molar-refractivity contribution is -0.145. The Labute approximate surface area is 199 Å². The molecular formula is C26H25N3O4S. The van der Waals surface area contributed by atoms with Gasteiger partial charge < -0.3 is 4.74 Å². The standard InChI is InChI=1S/C26H25N3O4S/c1-33-26(30)24-17-29(16-23(24)21-6-4-5-19(13-21)14-27)15-18-9-11-20(12-10-18)22-7-2-3-8-25(22)34(28,31)32/h2-13,23-24H,15-17H2,1H3,(H2,28,31,32)/t23-,24+/m1/s1. The number of carbonyl (C=O) groups is 1. The number of sulfonamides is 1. The highest BCUT2D eigenvalue weighted by Gasteiger charge is 2.39. The zero-order valence-electron chi connectivity index (χ0n) is 18.7. The molecule has 3 aromatic rings. The van der Waals surface area contributed by atoms with Crippen LogP contribution < -0.4 is 5.14 Å². The molecule has 2 N–H and O–H groups in total. The molecular weight excluding hydrogens is 450 g/mol. The maximum Gasteiger partial charge on any atom is 0.310 e. The van der Waals surface area contributed by atoms with Gasteiger partial charge in [0.2, 0.25) is 10.0 Å². The maximum atomic E-state index is 12.5. The fourth-order valence-corrected chi connectivity index (χ4v) is 5.34. The summed E-state index contributed by atoms with van der Waals surface area (Å²) in [6.45, 7) is 1.83. The number of nitrogens with zero attached hydrogens (tertiary/aromatic N) is 2. The van der Waals surface area contributed by atoms with Crippen molar-refractivity contribution in [1.82, 2.24) is 4.90 Å². The van der Waals surface area contributed by atoms with Crippen molar-refractivity contribution in [3.8, 4) is 17.2 Å². The van der Waals surface area contributed by atoms with Gasteiger partial charge in [-0.05, 0) is 34.9 Å². The smallest absolute Gasteiger partial charge is 0.310 e. The zero-order chi connectivity index (χ0) is 24.3. The van der Waals surface area contributed by atoms with E-state index in [-0.39, 0.29) is 22.7 Å². The highest BCUT2D eigenvalue weighted by atomic mass is 32.2. The van der Waals surface area contributed by atoms with Gasteiger partial charge in [0.25, 0.3) is 0 Å². The molecule has 0 unspecified atom stereocenters. The maximum absolute atomic E-state index is 12.5. The van der Waals surface area contributed by atoms with Crippen LogP contribution in [-0.4, -0.2) is 39.5 Å². The summed E-state index contributed by atoms with van der Waals surface area (Å²) in [7, 11) is -2.44. The summed E-state index contributed by atoms with van der Waals surface area (Å²) in [6.07, 6.45) is 0. The molecule has 0 radical (unpaired) electrons. The Morgan fingerprint density at radius 1 is 1.09 bits per heavy atom. The molecule has 0 amide bonds. The second kappa shape index (κ2) is 9.77. The van der Waals surface area contributed by atoms with Gasteiger partial charge in [-0.2, -0.15) is 5.26 Å². The molecule has 1 saturated heterocycles. The van der Waals surface area contributed by atoms with E-state index in [1.165, 1.54) is 13.2 Å². The van der Waals surface area contributed by atoms with Crippen molar-refractivity contribution in [1.29, 1.82) is 5.26 Å². The lowest BCUT2D eigenvalue weighted by Crippen LogP contribution is -2.24. The fraction of sp³-hybridized carbons (Fsp3) is 0.231. The van der Waals surface area contributed by atoms with Gasteiger partial charge in [-0.15, -0.1) is 0 Å². The Kier molecular flexibility index (Phi) is 6.80. The van der Waals surface area contributed by atoms with E-state index in [1.807, 2.05) is 42.5 Å². The number of carbonyl (C=O) groups excluding carboxylic acids is 1. The van der Waals surface area contributed by atoms with E-state index in [0.717, 1.165) is 16.7 Å². The van der Waals surface area contributed by atoms with E-state index in [0.29, 0.717) is 30.8 Å². The van der Waals surface area contributed by atoms with Crippen LogP contribution >= 0.6 is 0 Å². The van der Waals surface area contributed by atoms with Crippen LogP contribution in [0.3, 0.4) is 0 Å². The number of esters is 1. The number of hydrogen-bond donors (Lipinski definition) is 1. The van der Waals surface area contributed by atoms with Crippen LogP contribution in [0.25, 0.3) is 11.1 Å². The minimum absolute atomic E-state index is 0.0679. The van der Waals surface area contributed by atoms with Gasteiger partial charge >= 0.3 is 5.97 Å². The van der Waals surface area contributed by atoms with Crippen molar-refractivity contribution in [3.63, 3.8) is 0 Å². The molecule has 4 rings (SSSR count). The van der Waals surface area contributed by atoms with Gasteiger partial charge in [0.15, 0.2) is 0 Å². The predicted octanol–water partition coefficient (Wildman–Crippen LogP) is 3.26. The lowest BCUT2D eigenvalue weighted by Gasteiger charge is -2.17. The zero-order valence-corrected chi connectivity index (χ0v) is 19.5. The Morgan fingerprint density at radius 2 is 1.82 bits per heavy atom. The van der Waals surface area contributed by atoms with E-state index in [4.69, 9.17) is 9.88 Å². The summed E-state index contributed by atoms with van der Waals surface area (Å²) in [5.41, 5.74) is 3.86. The SMILES string of the molecule is COC(=O)[C@H]1CN(Cc2ccc(-c3ccccc3S(N)(=O)=O)cc2)C[C@@H]1c1cccc(C#N)c1. The molecule has 1 aliphatic heterocycles. The van der Waals surface area contributed by atoms with E-state index in [2.05, 4.69) is 11.0 Å². The quantitative estimate of drug-likeness (QED) is 0.548. The molecule has 2 atom stereocenters. The molecule has 0 saturated carbocycles. The number of methoxy groups -OCH3 is 1. The number of rotatable bonds is 6. The average molecular weight is 476 g/mol. The molecule has 1 heterocycles. The number of likely N-dealkylation sites (tertiary alicyclic amines) is 1. The summed E-state index contributed by atoms with van der Waals surface area (Å²) in [6, 6.07) is 23.8. The van der Waals surface area contributed by atoms with Crippen LogP contribution in [0.5, 0.6) is 0 Å². The number of nitriles is 1. The van der Waals surface area contributed by atoms with Gasteiger partial charge in [0.05, 0.1) is 29.6 Å². The van der Waals surface area contributed by atoms with E-state index >= 15 is 0 Å². The first-order valence-corrected chi connectivity index (χ1v) is 12.4. The third kappa shape index (κ3) is 5.02. The fourth-order valence-electron chi connectivity index (χ4n) is 4.58. The summed E-state index contributed by atoms with van der Waals surface area (Å²) in [5, 5.41) is 14.6. The molecule has 8 heteroatoms. The normalized spacial score (nSPS) is 18.4. The average Bonchev–Trinajstić information content (AvgIpc) is 3.27. The van der Waals surface area contributed by atoms with Crippen molar-refractivity contribution in [2.24, 2.45) is 11.1 Å². The number of ether oxygens (including phenoxy) is 1. The van der Waals surface area contributed by atoms with Gasteiger partial charge in [-0.1, -0.05) is 54.6 Å². The first-order valence-electron chi connectivity index (χ1n) is 10.8. The molecule has 0 aromatic heterocycles. The lowest BCUT2D eigenvalue weighted by atomic mass is 9.88. The Balaban J connectivity index is 1.54. The summed E-state index contributed by atoms with van der Waals surface area (Å²) in [5.74, 6) is -0.647. The van der Waals surface area contributed by atoms with Crippen LogP contribution in [0.4, 0.5) is 0 Å². The van der Waals surface area contributed by atoms with Gasteiger partial charge in [0, 0.05) is 31.1 Å². The summed E-state index contributed by atoms with van der Waals surface area (Å²) in [4.78, 5) is 14.8. The van der Waals surface area contributed by atoms with E-state index in [1.54, 1.807) is 24.3 Å². The minimum atomic E-state index is -3.84. The largest absolute Gasteiger partial charge is 0.469 e. The second-order valence-electron chi connectivity index (χ2n) is 8.41. The minimum Gasteiger partial charge on any atom is -0.469 e. The van der Waals surface area contributed by atoms with Crippen LogP contribution in [0, 0.1) is 17.2 Å². The Hall–Kier alpha value is -3.51. The van der Waals surface area contributed by atoms with E-state index < -0.39 is 10.0 Å². The highest BCUT2D eigenvalue weighted by Crippen LogP contribution is 2.35. The van der Waals surface area contributed by atoms with Gasteiger partial charge in [-0.25, -0.2) is 13.6 Å². The molecule has 1 fully saturated rings. The molecule has 0 bridgehead atoms. The molecule has 0 aliphatic carbocycles. The summed E-state index contributed by atoms with van der Waals surface area (Å²) >= 11 is 0. The third-order valence-corrected chi connectivity index (χ3v) is 7.18. The number of benzene rings is 3. The Bertz CT molecular complexity index is 1350. The second-order valence-corrected chi connectivity index (χ2v) is 9.94. The van der Waals surface area contributed by atoms with Gasteiger partial charge in [0.1, 0.15) is 0 Å². The molecule has 34 heavy (non-hydrogen) atoms. The Morgan fingerprint density at radius 3 is 2.50 bits per heavy atom. The molecule has 7 nitrogen and oxygen atoms in total. The third-order valence-electron chi connectivity index (χ3n) is 6.21. The van der Waals surface area contributed by atoms with Crippen molar-refractivity contribution in [3.05, 3.63) is 89.5 Å². The molecule has 1 aliphatic rings. The monoisotopic (exact) mass is 475 g/mol. The van der Waals surface area contributed by atoms with Crippen molar-refractivity contribution in [2.45, 2.75) is 17.4 Å². The highest BCUT2D eigenvalue weighted by molar-refractivity contribution is 7.89. The van der Waals surface area contributed by atoms with Crippen LogP contribution in [0.2, 0.25) is 0 Å². The number of primary sulfonamides is 1. The summed E-state index contributed by atoms with van der Waals surface area (Å²) < 4.78 is 28.9. The number of hydrogen-bond acceptors (Lipinski definition) is 6. The number of nitrogens with two attached hydrogens (primary N) is 1. The topological polar surface area (TPSA) is 113 Å². The van der Waals surface area contributed by atoms with Crippen LogP contribution in [-0.2, 0) is 26.1 Å². The van der Waals surface area contributed by atoms with Crippen LogP contribution in [0.1, 0.15) is 22.6 Å². The molecule has 3 aromatic carbocycles. The predicted molar refractivity (Wildman–Crippen MR) is 128 cm³/mol. The van der Waals surface area contributed by atoms with Gasteiger partial charge in [-0.3, -0.25) is 9.69 Å². The van der Waals surface area contributed by atoms with Crippen molar-refractivity contribution < 1.29 is 17.9 Å². The first-order chi connectivity index (χ1) is 16.3.